The average Bonchev–Trinajstić information content (AvgIpc) is 2.83. The molecule has 5 heteroatoms. The Labute approximate surface area is 103 Å². The van der Waals surface area contributed by atoms with Crippen LogP contribution in [0.2, 0.25) is 0 Å². The molecule has 94 valence electrons. The summed E-state index contributed by atoms with van der Waals surface area (Å²) in [7, 11) is 0. The van der Waals surface area contributed by atoms with Crippen molar-refractivity contribution >= 4 is 17.1 Å². The largest absolute Gasteiger partial charge is 0.478 e. The number of carbonyl (C=O) groups is 1. The third kappa shape index (κ3) is 1.86. The minimum Gasteiger partial charge on any atom is -0.478 e. The van der Waals surface area contributed by atoms with Gasteiger partial charge in [-0.2, -0.15) is 0 Å². The lowest BCUT2D eigenvalue weighted by Gasteiger charge is -2.19. The SMILES string of the molecule is O=C(O)c1cccc2oc(C3CCCCO3)nc12. The molecule has 0 spiro atoms. The molecule has 1 saturated heterocycles. The predicted octanol–water partition coefficient (Wildman–Crippen LogP) is 2.77. The Morgan fingerprint density at radius 2 is 2.28 bits per heavy atom. The van der Waals surface area contributed by atoms with E-state index in [2.05, 4.69) is 4.98 Å². The highest BCUT2D eigenvalue weighted by atomic mass is 16.5. The molecule has 3 rings (SSSR count). The molecule has 1 aromatic heterocycles. The summed E-state index contributed by atoms with van der Waals surface area (Å²) in [5, 5.41) is 9.09. The van der Waals surface area contributed by atoms with Crippen LogP contribution in [0.3, 0.4) is 0 Å². The smallest absolute Gasteiger partial charge is 0.338 e. The first-order valence-electron chi connectivity index (χ1n) is 6.00. The quantitative estimate of drug-likeness (QED) is 0.883. The van der Waals surface area contributed by atoms with Crippen LogP contribution in [-0.2, 0) is 4.74 Å². The number of aromatic carboxylic acids is 1. The molecule has 0 saturated carbocycles. The topological polar surface area (TPSA) is 72.6 Å². The molecule has 1 aliphatic rings. The molecule has 5 nitrogen and oxygen atoms in total. The van der Waals surface area contributed by atoms with Crippen LogP contribution in [0.15, 0.2) is 22.6 Å². The standard InChI is InChI=1S/C13H13NO4/c15-13(16)8-4-3-6-9-11(8)14-12(18-9)10-5-1-2-7-17-10/h3-4,6,10H,1-2,5,7H2,(H,15,16). The summed E-state index contributed by atoms with van der Waals surface area (Å²) in [6.45, 7) is 0.704. The lowest BCUT2D eigenvalue weighted by atomic mass is 10.1. The Kier molecular flexibility index (Phi) is 2.76. The van der Waals surface area contributed by atoms with Crippen LogP contribution in [0.4, 0.5) is 0 Å². The van der Waals surface area contributed by atoms with Crippen molar-refractivity contribution < 1.29 is 19.1 Å². The normalized spacial score (nSPS) is 20.1. The highest BCUT2D eigenvalue weighted by Gasteiger charge is 2.23. The fourth-order valence-electron chi connectivity index (χ4n) is 2.21. The van der Waals surface area contributed by atoms with Crippen molar-refractivity contribution in [3.05, 3.63) is 29.7 Å². The summed E-state index contributed by atoms with van der Waals surface area (Å²) in [5.74, 6) is -0.511. The minimum absolute atomic E-state index is 0.146. The molecule has 1 N–H and O–H groups in total. The number of ether oxygens (including phenoxy) is 1. The number of oxazole rings is 1. The molecule has 1 fully saturated rings. The van der Waals surface area contributed by atoms with Crippen molar-refractivity contribution in [1.29, 1.82) is 0 Å². The van der Waals surface area contributed by atoms with E-state index in [0.717, 1.165) is 19.3 Å². The summed E-state index contributed by atoms with van der Waals surface area (Å²) >= 11 is 0. The first kappa shape index (κ1) is 11.2. The van der Waals surface area contributed by atoms with Gasteiger partial charge in [0.15, 0.2) is 5.58 Å². The van der Waals surface area contributed by atoms with E-state index in [1.807, 2.05) is 0 Å². The first-order chi connectivity index (χ1) is 8.75. The van der Waals surface area contributed by atoms with Crippen LogP contribution < -0.4 is 0 Å². The Morgan fingerprint density at radius 1 is 1.39 bits per heavy atom. The van der Waals surface area contributed by atoms with E-state index in [-0.39, 0.29) is 11.7 Å². The van der Waals surface area contributed by atoms with Crippen LogP contribution in [0, 0.1) is 0 Å². The van der Waals surface area contributed by atoms with Crippen molar-refractivity contribution in [2.24, 2.45) is 0 Å². The van der Waals surface area contributed by atoms with E-state index in [4.69, 9.17) is 14.3 Å². The molecule has 0 amide bonds. The monoisotopic (exact) mass is 247 g/mol. The van der Waals surface area contributed by atoms with Crippen LogP contribution >= 0.6 is 0 Å². The van der Waals surface area contributed by atoms with Gasteiger partial charge in [-0.1, -0.05) is 6.07 Å². The fraction of sp³-hybridized carbons (Fsp3) is 0.385. The Bertz CT molecular complexity index is 584. The molecule has 1 aromatic carbocycles. The lowest BCUT2D eigenvalue weighted by molar-refractivity contribution is -0.000557. The van der Waals surface area contributed by atoms with Gasteiger partial charge in [-0.15, -0.1) is 0 Å². The van der Waals surface area contributed by atoms with Crippen molar-refractivity contribution in [2.45, 2.75) is 25.4 Å². The first-order valence-corrected chi connectivity index (χ1v) is 6.00. The van der Waals surface area contributed by atoms with Gasteiger partial charge >= 0.3 is 5.97 Å². The van der Waals surface area contributed by atoms with Crippen molar-refractivity contribution in [3.63, 3.8) is 0 Å². The summed E-state index contributed by atoms with van der Waals surface area (Å²) in [6, 6.07) is 4.91. The molecule has 1 aliphatic heterocycles. The zero-order chi connectivity index (χ0) is 12.5. The van der Waals surface area contributed by atoms with Gasteiger partial charge in [0.2, 0.25) is 5.89 Å². The number of hydrogen-bond acceptors (Lipinski definition) is 4. The number of benzene rings is 1. The van der Waals surface area contributed by atoms with Crippen molar-refractivity contribution in [1.82, 2.24) is 4.98 Å². The predicted molar refractivity (Wildman–Crippen MR) is 63.5 cm³/mol. The van der Waals surface area contributed by atoms with Crippen LogP contribution in [0.25, 0.3) is 11.1 Å². The maximum absolute atomic E-state index is 11.1. The Hall–Kier alpha value is -1.88. The highest BCUT2D eigenvalue weighted by Crippen LogP contribution is 2.30. The van der Waals surface area contributed by atoms with Crippen LogP contribution in [0.1, 0.15) is 41.6 Å². The maximum Gasteiger partial charge on any atom is 0.338 e. The molecule has 2 aromatic rings. The lowest BCUT2D eigenvalue weighted by Crippen LogP contribution is -2.11. The van der Waals surface area contributed by atoms with E-state index in [0.29, 0.717) is 23.6 Å². The molecule has 1 atom stereocenters. The third-order valence-corrected chi connectivity index (χ3v) is 3.12. The van der Waals surface area contributed by atoms with Gasteiger partial charge in [0.1, 0.15) is 11.6 Å². The molecule has 0 aliphatic carbocycles. The van der Waals surface area contributed by atoms with Gasteiger partial charge in [-0.3, -0.25) is 0 Å². The second kappa shape index (κ2) is 4.42. The van der Waals surface area contributed by atoms with E-state index in [9.17, 15) is 4.79 Å². The van der Waals surface area contributed by atoms with Gasteiger partial charge in [-0.05, 0) is 31.4 Å². The number of hydrogen-bond donors (Lipinski definition) is 1. The average molecular weight is 247 g/mol. The number of rotatable bonds is 2. The molecule has 1 unspecified atom stereocenters. The van der Waals surface area contributed by atoms with Crippen molar-refractivity contribution in [2.75, 3.05) is 6.61 Å². The van der Waals surface area contributed by atoms with Crippen LogP contribution in [-0.4, -0.2) is 22.7 Å². The molecule has 2 heterocycles. The Morgan fingerprint density at radius 3 is 3.00 bits per heavy atom. The summed E-state index contributed by atoms with van der Waals surface area (Å²) in [4.78, 5) is 15.4. The zero-order valence-corrected chi connectivity index (χ0v) is 9.76. The van der Waals surface area contributed by atoms with Gasteiger partial charge in [0.05, 0.1) is 5.56 Å². The zero-order valence-electron chi connectivity index (χ0n) is 9.76. The number of para-hydroxylation sites is 1. The third-order valence-electron chi connectivity index (χ3n) is 3.12. The summed E-state index contributed by atoms with van der Waals surface area (Å²) in [5.41, 5.74) is 1.06. The second-order valence-corrected chi connectivity index (χ2v) is 4.36. The molecular formula is C13H13NO4. The van der Waals surface area contributed by atoms with Crippen LogP contribution in [0.5, 0.6) is 0 Å². The molecule has 0 radical (unpaired) electrons. The van der Waals surface area contributed by atoms with Gasteiger partial charge in [-0.25, -0.2) is 9.78 Å². The number of nitrogens with zero attached hydrogens (tertiary/aromatic N) is 1. The summed E-state index contributed by atoms with van der Waals surface area (Å²) < 4.78 is 11.2. The maximum atomic E-state index is 11.1. The number of carboxylic acid groups (broad SMARTS) is 1. The van der Waals surface area contributed by atoms with Crippen molar-refractivity contribution in [3.8, 4) is 0 Å². The fourth-order valence-corrected chi connectivity index (χ4v) is 2.21. The number of carboxylic acids is 1. The van der Waals surface area contributed by atoms with E-state index < -0.39 is 5.97 Å². The summed E-state index contributed by atoms with van der Waals surface area (Å²) in [6.07, 6.45) is 2.86. The Balaban J connectivity index is 2.04. The van der Waals surface area contributed by atoms with Gasteiger partial charge in [0.25, 0.3) is 0 Å². The number of fused-ring (bicyclic) bond motifs is 1. The van der Waals surface area contributed by atoms with Gasteiger partial charge < -0.3 is 14.3 Å². The second-order valence-electron chi connectivity index (χ2n) is 4.36. The van der Waals surface area contributed by atoms with Gasteiger partial charge in [0, 0.05) is 6.61 Å². The number of aromatic nitrogens is 1. The highest BCUT2D eigenvalue weighted by molar-refractivity contribution is 6.00. The minimum atomic E-state index is -0.995. The van der Waals surface area contributed by atoms with E-state index in [1.165, 1.54) is 6.07 Å². The van der Waals surface area contributed by atoms with E-state index in [1.54, 1.807) is 12.1 Å². The molecule has 0 bridgehead atoms. The molecule has 18 heavy (non-hydrogen) atoms. The molecular weight excluding hydrogens is 234 g/mol. The van der Waals surface area contributed by atoms with E-state index >= 15 is 0 Å².